The summed E-state index contributed by atoms with van der Waals surface area (Å²) >= 11 is 5.83. The number of benzene rings is 2. The maximum Gasteiger partial charge on any atom is 0.277 e. The van der Waals surface area contributed by atoms with E-state index in [1.165, 1.54) is 0 Å². The molecular weight excluding hydrogens is 344 g/mol. The Balaban J connectivity index is 1.53. The zero-order valence-corrected chi connectivity index (χ0v) is 13.7. The Hall–Kier alpha value is -2.99. The topological polar surface area (TPSA) is 73.6 Å². The summed E-state index contributed by atoms with van der Waals surface area (Å²) in [5, 5.41) is 7.17. The number of amides is 1. The highest BCUT2D eigenvalue weighted by molar-refractivity contribution is 6.30. The van der Waals surface area contributed by atoms with Gasteiger partial charge in [0.15, 0.2) is 23.0 Å². The molecule has 3 aromatic rings. The van der Waals surface area contributed by atoms with Gasteiger partial charge in [0.2, 0.25) is 0 Å². The van der Waals surface area contributed by atoms with Crippen LogP contribution in [0.2, 0.25) is 5.02 Å². The van der Waals surface area contributed by atoms with E-state index >= 15 is 0 Å². The maximum absolute atomic E-state index is 12.3. The first-order valence-electron chi connectivity index (χ1n) is 7.63. The molecule has 1 aliphatic rings. The number of fused-ring (bicyclic) bond motifs is 1. The van der Waals surface area contributed by atoms with E-state index in [1.807, 2.05) is 6.07 Å². The minimum absolute atomic E-state index is 0.180. The molecule has 126 valence electrons. The lowest BCUT2D eigenvalue weighted by Crippen LogP contribution is -2.15. The van der Waals surface area contributed by atoms with Gasteiger partial charge in [-0.15, -0.1) is 0 Å². The average molecular weight is 357 g/mol. The molecule has 0 radical (unpaired) electrons. The third kappa shape index (κ3) is 3.29. The highest BCUT2D eigenvalue weighted by Crippen LogP contribution is 2.34. The molecule has 0 fully saturated rings. The van der Waals surface area contributed by atoms with Gasteiger partial charge in [-0.1, -0.05) is 16.8 Å². The second-order valence-electron chi connectivity index (χ2n) is 5.40. The molecule has 2 heterocycles. The van der Waals surface area contributed by atoms with Crippen molar-refractivity contribution in [3.8, 4) is 22.8 Å². The van der Waals surface area contributed by atoms with Crippen LogP contribution in [0.25, 0.3) is 11.3 Å². The minimum Gasteiger partial charge on any atom is -0.486 e. The summed E-state index contributed by atoms with van der Waals surface area (Å²) in [7, 11) is 0. The molecule has 0 aliphatic carbocycles. The van der Waals surface area contributed by atoms with E-state index in [0.29, 0.717) is 41.2 Å². The number of nitrogens with one attached hydrogen (secondary N) is 1. The number of anilines is 1. The molecular formula is C18H13ClN2O4. The van der Waals surface area contributed by atoms with E-state index in [9.17, 15) is 4.79 Å². The van der Waals surface area contributed by atoms with Crippen LogP contribution in [0.5, 0.6) is 11.5 Å². The van der Waals surface area contributed by atoms with Gasteiger partial charge in [0.05, 0.1) is 0 Å². The van der Waals surface area contributed by atoms with Gasteiger partial charge in [0, 0.05) is 22.3 Å². The Morgan fingerprint density at radius 1 is 1.00 bits per heavy atom. The summed E-state index contributed by atoms with van der Waals surface area (Å²) in [6.07, 6.45) is 0. The molecule has 6 nitrogen and oxygen atoms in total. The van der Waals surface area contributed by atoms with E-state index in [4.69, 9.17) is 25.6 Å². The number of carbonyl (C=O) groups excluding carboxylic acids is 1. The van der Waals surface area contributed by atoms with Crippen molar-refractivity contribution in [1.29, 1.82) is 0 Å². The molecule has 1 N–H and O–H groups in total. The summed E-state index contributed by atoms with van der Waals surface area (Å²) in [6.45, 7) is 1.03. The second kappa shape index (κ2) is 6.49. The Morgan fingerprint density at radius 3 is 2.56 bits per heavy atom. The fourth-order valence-electron chi connectivity index (χ4n) is 2.44. The molecule has 25 heavy (non-hydrogen) atoms. The van der Waals surface area contributed by atoms with Crippen LogP contribution in [0.1, 0.15) is 10.5 Å². The Morgan fingerprint density at radius 2 is 1.76 bits per heavy atom. The fraction of sp³-hybridized carbons (Fsp3) is 0.111. The molecule has 1 aliphatic heterocycles. The van der Waals surface area contributed by atoms with E-state index in [0.717, 1.165) is 5.56 Å². The Bertz CT molecular complexity index is 921. The quantitative estimate of drug-likeness (QED) is 0.767. The standard InChI is InChI=1S/C18H13ClN2O4/c19-12-2-4-13(5-3-12)20-18(22)14-10-16(25-21-14)11-1-6-15-17(9-11)24-8-7-23-15/h1-6,9-10H,7-8H2,(H,20,22). The number of carbonyl (C=O) groups is 1. The van der Waals surface area contributed by atoms with Crippen LogP contribution < -0.4 is 14.8 Å². The molecule has 4 rings (SSSR count). The summed E-state index contributed by atoms with van der Waals surface area (Å²) in [4.78, 5) is 12.3. The molecule has 7 heteroatoms. The van der Waals surface area contributed by atoms with Crippen LogP contribution in [0.4, 0.5) is 5.69 Å². The van der Waals surface area contributed by atoms with E-state index in [1.54, 1.807) is 42.5 Å². The Labute approximate surface area is 148 Å². The van der Waals surface area contributed by atoms with Crippen molar-refractivity contribution in [2.45, 2.75) is 0 Å². The molecule has 1 amide bonds. The number of hydrogen-bond donors (Lipinski definition) is 1. The molecule has 1 aromatic heterocycles. The number of halogens is 1. The lowest BCUT2D eigenvalue weighted by Gasteiger charge is -2.18. The molecule has 0 spiro atoms. The van der Waals surface area contributed by atoms with Crippen LogP contribution in [0, 0.1) is 0 Å². The highest BCUT2D eigenvalue weighted by Gasteiger charge is 2.17. The van der Waals surface area contributed by atoms with Crippen LogP contribution >= 0.6 is 11.6 Å². The van der Waals surface area contributed by atoms with Gasteiger partial charge in [0.1, 0.15) is 13.2 Å². The molecule has 0 atom stereocenters. The number of nitrogens with zero attached hydrogens (tertiary/aromatic N) is 1. The first-order valence-corrected chi connectivity index (χ1v) is 8.00. The van der Waals surface area contributed by atoms with Gasteiger partial charge in [0.25, 0.3) is 5.91 Å². The van der Waals surface area contributed by atoms with Crippen LogP contribution in [0.3, 0.4) is 0 Å². The summed E-state index contributed by atoms with van der Waals surface area (Å²) in [5.74, 6) is 1.44. The smallest absolute Gasteiger partial charge is 0.277 e. The van der Waals surface area contributed by atoms with Crippen molar-refractivity contribution in [2.24, 2.45) is 0 Å². The van der Waals surface area contributed by atoms with Crippen molar-refractivity contribution in [1.82, 2.24) is 5.16 Å². The van der Waals surface area contributed by atoms with E-state index in [-0.39, 0.29) is 11.6 Å². The molecule has 0 saturated heterocycles. The van der Waals surface area contributed by atoms with E-state index in [2.05, 4.69) is 10.5 Å². The normalized spacial score (nSPS) is 12.7. The van der Waals surface area contributed by atoms with E-state index < -0.39 is 0 Å². The highest BCUT2D eigenvalue weighted by atomic mass is 35.5. The van der Waals surface area contributed by atoms with Crippen LogP contribution in [-0.4, -0.2) is 24.3 Å². The van der Waals surface area contributed by atoms with Crippen molar-refractivity contribution < 1.29 is 18.8 Å². The summed E-state index contributed by atoms with van der Waals surface area (Å²) in [5.41, 5.74) is 1.56. The van der Waals surface area contributed by atoms with Gasteiger partial charge in [-0.25, -0.2) is 0 Å². The zero-order chi connectivity index (χ0) is 17.2. The fourth-order valence-corrected chi connectivity index (χ4v) is 2.57. The van der Waals surface area contributed by atoms with Crippen molar-refractivity contribution in [2.75, 3.05) is 18.5 Å². The third-order valence-corrected chi connectivity index (χ3v) is 3.92. The number of aromatic nitrogens is 1. The van der Waals surface area contributed by atoms with Crippen LogP contribution in [-0.2, 0) is 0 Å². The monoisotopic (exact) mass is 356 g/mol. The molecule has 0 bridgehead atoms. The van der Waals surface area contributed by atoms with Crippen molar-refractivity contribution in [3.05, 3.63) is 59.2 Å². The first-order chi connectivity index (χ1) is 12.2. The third-order valence-electron chi connectivity index (χ3n) is 3.67. The molecule has 2 aromatic carbocycles. The SMILES string of the molecule is O=C(Nc1ccc(Cl)cc1)c1cc(-c2ccc3c(c2)OCCO3)on1. The molecule has 0 unspecified atom stereocenters. The van der Waals surface area contributed by atoms with Gasteiger partial charge < -0.3 is 19.3 Å². The number of hydrogen-bond acceptors (Lipinski definition) is 5. The number of rotatable bonds is 3. The van der Waals surface area contributed by atoms with Crippen molar-refractivity contribution in [3.63, 3.8) is 0 Å². The van der Waals surface area contributed by atoms with Crippen LogP contribution in [0.15, 0.2) is 53.1 Å². The van der Waals surface area contributed by atoms with Gasteiger partial charge in [-0.3, -0.25) is 4.79 Å². The largest absolute Gasteiger partial charge is 0.486 e. The van der Waals surface area contributed by atoms with Gasteiger partial charge in [-0.2, -0.15) is 0 Å². The van der Waals surface area contributed by atoms with Gasteiger partial charge in [-0.05, 0) is 42.5 Å². The lowest BCUT2D eigenvalue weighted by atomic mass is 10.1. The van der Waals surface area contributed by atoms with Crippen molar-refractivity contribution >= 4 is 23.2 Å². The predicted molar refractivity (Wildman–Crippen MR) is 92.3 cm³/mol. The zero-order valence-electron chi connectivity index (χ0n) is 13.0. The number of ether oxygens (including phenoxy) is 2. The lowest BCUT2D eigenvalue weighted by molar-refractivity contribution is 0.101. The summed E-state index contributed by atoms with van der Waals surface area (Å²) < 4.78 is 16.3. The summed E-state index contributed by atoms with van der Waals surface area (Å²) in [6, 6.07) is 13.8. The average Bonchev–Trinajstić information content (AvgIpc) is 3.13. The second-order valence-corrected chi connectivity index (χ2v) is 5.83. The first kappa shape index (κ1) is 15.5. The Kier molecular flexibility index (Phi) is 4.03. The minimum atomic E-state index is -0.366. The molecule has 0 saturated carbocycles. The maximum atomic E-state index is 12.3. The predicted octanol–water partition coefficient (Wildman–Crippen LogP) is 4.02. The van der Waals surface area contributed by atoms with Gasteiger partial charge >= 0.3 is 0 Å².